The van der Waals surface area contributed by atoms with E-state index in [1.807, 2.05) is 24.3 Å². The van der Waals surface area contributed by atoms with Crippen LogP contribution in [0.25, 0.3) is 0 Å². The van der Waals surface area contributed by atoms with Crippen LogP contribution in [-0.2, 0) is 0 Å². The Morgan fingerprint density at radius 1 is 1.24 bits per heavy atom. The fourth-order valence-corrected chi connectivity index (χ4v) is 1.56. The minimum atomic E-state index is -0.518. The maximum absolute atomic E-state index is 10.1. The molecule has 1 aromatic carbocycles. The van der Waals surface area contributed by atoms with Gasteiger partial charge in [0.1, 0.15) is 5.75 Å². The minimum absolute atomic E-state index is 0.00739. The quantitative estimate of drug-likeness (QED) is 0.846. The van der Waals surface area contributed by atoms with Gasteiger partial charge in [-0.3, -0.25) is 0 Å². The lowest BCUT2D eigenvalue weighted by atomic mass is 9.83. The van der Waals surface area contributed by atoms with Crippen LogP contribution < -0.4 is 10.5 Å². The predicted molar refractivity (Wildman–Crippen MR) is 70.0 cm³/mol. The number of hydrogen-bond donors (Lipinski definition) is 2. The van der Waals surface area contributed by atoms with E-state index in [0.717, 1.165) is 11.3 Å². The van der Waals surface area contributed by atoms with Gasteiger partial charge in [-0.25, -0.2) is 0 Å². The highest BCUT2D eigenvalue weighted by molar-refractivity contribution is 5.28. The third-order valence-electron chi connectivity index (χ3n) is 3.09. The number of ether oxygens (including phenoxy) is 1. The van der Waals surface area contributed by atoms with Crippen LogP contribution in [0.2, 0.25) is 0 Å². The zero-order valence-electron chi connectivity index (χ0n) is 11.1. The molecule has 1 aromatic rings. The molecule has 96 valence electrons. The van der Waals surface area contributed by atoms with Crippen molar-refractivity contribution in [2.24, 2.45) is 11.1 Å². The molecule has 0 aliphatic heterocycles. The first kappa shape index (κ1) is 14.0. The van der Waals surface area contributed by atoms with Crippen LogP contribution in [-0.4, -0.2) is 18.3 Å². The van der Waals surface area contributed by atoms with Gasteiger partial charge in [-0.15, -0.1) is 0 Å². The van der Waals surface area contributed by atoms with Crippen molar-refractivity contribution in [2.75, 3.05) is 7.11 Å². The van der Waals surface area contributed by atoms with Crippen LogP contribution in [0.3, 0.4) is 0 Å². The van der Waals surface area contributed by atoms with Crippen molar-refractivity contribution >= 4 is 0 Å². The Morgan fingerprint density at radius 3 is 2.18 bits per heavy atom. The molecule has 0 aliphatic carbocycles. The summed E-state index contributed by atoms with van der Waals surface area (Å²) in [5.41, 5.74) is 6.95. The Kier molecular flexibility index (Phi) is 4.54. The van der Waals surface area contributed by atoms with Crippen LogP contribution in [0.5, 0.6) is 5.75 Å². The largest absolute Gasteiger partial charge is 0.497 e. The molecule has 2 atom stereocenters. The lowest BCUT2D eigenvalue weighted by Gasteiger charge is -2.29. The average molecular weight is 237 g/mol. The highest BCUT2D eigenvalue weighted by atomic mass is 16.5. The van der Waals surface area contributed by atoms with E-state index in [2.05, 4.69) is 20.8 Å². The molecule has 0 saturated heterocycles. The highest BCUT2D eigenvalue weighted by Gasteiger charge is 2.23. The number of methoxy groups -OCH3 is 1. The predicted octanol–water partition coefficient (Wildman–Crippen LogP) is 2.49. The molecular formula is C14H23NO2. The van der Waals surface area contributed by atoms with Gasteiger partial charge in [0, 0.05) is 6.04 Å². The lowest BCUT2D eigenvalue weighted by molar-refractivity contribution is 0.133. The lowest BCUT2D eigenvalue weighted by Crippen LogP contribution is -2.36. The molecule has 0 amide bonds. The van der Waals surface area contributed by atoms with Crippen molar-refractivity contribution in [1.29, 1.82) is 0 Å². The Hall–Kier alpha value is -1.06. The second-order valence-electron chi connectivity index (χ2n) is 5.50. The molecule has 0 fully saturated rings. The summed E-state index contributed by atoms with van der Waals surface area (Å²) in [7, 11) is 1.63. The maximum Gasteiger partial charge on any atom is 0.118 e. The minimum Gasteiger partial charge on any atom is -0.497 e. The SMILES string of the molecule is COc1ccc([C@H](O)C[C@@H](N)C(C)(C)C)cc1. The van der Waals surface area contributed by atoms with Gasteiger partial charge >= 0.3 is 0 Å². The number of benzene rings is 1. The summed E-state index contributed by atoms with van der Waals surface area (Å²) in [5, 5.41) is 10.1. The van der Waals surface area contributed by atoms with E-state index in [9.17, 15) is 5.11 Å². The number of aliphatic hydroxyl groups is 1. The fraction of sp³-hybridized carbons (Fsp3) is 0.571. The van der Waals surface area contributed by atoms with Crippen LogP contribution >= 0.6 is 0 Å². The standard InChI is InChI=1S/C14H23NO2/c1-14(2,3)13(15)9-12(16)10-5-7-11(17-4)8-6-10/h5-8,12-13,16H,9,15H2,1-4H3/t12-,13-/m1/s1. The van der Waals surface area contributed by atoms with Crippen molar-refractivity contribution in [3.8, 4) is 5.75 Å². The van der Waals surface area contributed by atoms with Gasteiger partial charge in [0.05, 0.1) is 13.2 Å². The molecule has 1 rings (SSSR count). The first-order valence-electron chi connectivity index (χ1n) is 5.92. The molecule has 3 nitrogen and oxygen atoms in total. The molecule has 0 heterocycles. The van der Waals surface area contributed by atoms with Crippen molar-refractivity contribution < 1.29 is 9.84 Å². The molecule has 0 radical (unpaired) electrons. The Labute approximate surface area is 104 Å². The molecule has 0 aromatic heterocycles. The van der Waals surface area contributed by atoms with E-state index in [1.165, 1.54) is 0 Å². The topological polar surface area (TPSA) is 55.5 Å². The van der Waals surface area contributed by atoms with Crippen LogP contribution in [0.15, 0.2) is 24.3 Å². The second kappa shape index (κ2) is 5.52. The molecule has 3 heteroatoms. The van der Waals surface area contributed by atoms with E-state index in [0.29, 0.717) is 6.42 Å². The molecule has 0 unspecified atom stereocenters. The van der Waals surface area contributed by atoms with Crippen molar-refractivity contribution in [3.63, 3.8) is 0 Å². The average Bonchev–Trinajstić information content (AvgIpc) is 2.27. The van der Waals surface area contributed by atoms with E-state index in [1.54, 1.807) is 7.11 Å². The number of hydrogen-bond acceptors (Lipinski definition) is 3. The van der Waals surface area contributed by atoms with Crippen molar-refractivity contribution in [1.82, 2.24) is 0 Å². The summed E-state index contributed by atoms with van der Waals surface area (Å²) in [4.78, 5) is 0. The van der Waals surface area contributed by atoms with Gasteiger partial charge in [-0.1, -0.05) is 32.9 Å². The molecule has 0 saturated carbocycles. The first-order chi connectivity index (χ1) is 7.84. The summed E-state index contributed by atoms with van der Waals surface area (Å²) in [6.45, 7) is 6.25. The fourth-order valence-electron chi connectivity index (χ4n) is 1.56. The molecule has 0 aliphatic rings. The van der Waals surface area contributed by atoms with Gasteiger partial charge in [0.2, 0.25) is 0 Å². The monoisotopic (exact) mass is 237 g/mol. The van der Waals surface area contributed by atoms with E-state index >= 15 is 0 Å². The van der Waals surface area contributed by atoms with Gasteiger partial charge < -0.3 is 15.6 Å². The van der Waals surface area contributed by atoms with E-state index in [4.69, 9.17) is 10.5 Å². The summed E-state index contributed by atoms with van der Waals surface area (Å²) < 4.78 is 5.08. The van der Waals surface area contributed by atoms with E-state index < -0.39 is 6.10 Å². The summed E-state index contributed by atoms with van der Waals surface area (Å²) in [5.74, 6) is 0.793. The smallest absolute Gasteiger partial charge is 0.118 e. The maximum atomic E-state index is 10.1. The van der Waals surface area contributed by atoms with Gasteiger partial charge in [0.25, 0.3) is 0 Å². The Bertz CT molecular complexity index is 340. The molecule has 0 bridgehead atoms. The normalized spacial score (nSPS) is 15.4. The summed E-state index contributed by atoms with van der Waals surface area (Å²) in [6.07, 6.45) is 0.0469. The van der Waals surface area contributed by atoms with Crippen LogP contribution in [0.4, 0.5) is 0 Å². The first-order valence-corrected chi connectivity index (χ1v) is 5.92. The van der Waals surface area contributed by atoms with Crippen molar-refractivity contribution in [2.45, 2.75) is 39.3 Å². The Balaban J connectivity index is 2.66. The van der Waals surface area contributed by atoms with Crippen molar-refractivity contribution in [3.05, 3.63) is 29.8 Å². The van der Waals surface area contributed by atoms with Crippen LogP contribution in [0.1, 0.15) is 38.9 Å². The number of aliphatic hydroxyl groups excluding tert-OH is 1. The van der Waals surface area contributed by atoms with E-state index in [-0.39, 0.29) is 11.5 Å². The molecule has 0 spiro atoms. The molecule has 3 N–H and O–H groups in total. The van der Waals surface area contributed by atoms with Gasteiger partial charge in [-0.05, 0) is 29.5 Å². The summed E-state index contributed by atoms with van der Waals surface area (Å²) in [6, 6.07) is 7.42. The zero-order valence-corrected chi connectivity index (χ0v) is 11.1. The summed E-state index contributed by atoms with van der Waals surface area (Å²) >= 11 is 0. The highest BCUT2D eigenvalue weighted by Crippen LogP contribution is 2.27. The number of rotatable bonds is 4. The number of nitrogens with two attached hydrogens (primary N) is 1. The molecule has 17 heavy (non-hydrogen) atoms. The van der Waals surface area contributed by atoms with Gasteiger partial charge in [-0.2, -0.15) is 0 Å². The van der Waals surface area contributed by atoms with Gasteiger partial charge in [0.15, 0.2) is 0 Å². The Morgan fingerprint density at radius 2 is 1.76 bits per heavy atom. The molecular weight excluding hydrogens is 214 g/mol. The third kappa shape index (κ3) is 4.02. The zero-order chi connectivity index (χ0) is 13.1. The second-order valence-corrected chi connectivity index (χ2v) is 5.50. The van der Waals surface area contributed by atoms with Crippen LogP contribution in [0, 0.1) is 5.41 Å². The third-order valence-corrected chi connectivity index (χ3v) is 3.09.